The molecule has 0 saturated carbocycles. The van der Waals surface area contributed by atoms with Crippen LogP contribution in [0, 0.1) is 11.3 Å². The number of rotatable bonds is 5. The van der Waals surface area contributed by atoms with Crippen LogP contribution in [0.15, 0.2) is 10.7 Å². The second-order valence-corrected chi connectivity index (χ2v) is 5.72. The van der Waals surface area contributed by atoms with Crippen molar-refractivity contribution in [3.8, 4) is 6.07 Å². The second-order valence-electron chi connectivity index (χ2n) is 4.06. The van der Waals surface area contributed by atoms with Crippen molar-refractivity contribution < 1.29 is 4.79 Å². The molecule has 2 amide bonds. The highest BCUT2D eigenvalue weighted by molar-refractivity contribution is 9.10. The number of nitrogens with two attached hydrogens (primary N) is 1. The van der Waals surface area contributed by atoms with Gasteiger partial charge in [0.25, 0.3) is 0 Å². The summed E-state index contributed by atoms with van der Waals surface area (Å²) in [5, 5.41) is 21.5. The van der Waals surface area contributed by atoms with E-state index in [1.807, 2.05) is 6.07 Å². The smallest absolute Gasteiger partial charge is 0.319 e. The molecular weight excluding hydrogens is 358 g/mol. The molecule has 0 spiro atoms. The highest BCUT2D eigenvalue weighted by Gasteiger charge is 2.10. The summed E-state index contributed by atoms with van der Waals surface area (Å²) in [7, 11) is 0. The van der Waals surface area contributed by atoms with Gasteiger partial charge in [-0.1, -0.05) is 0 Å². The van der Waals surface area contributed by atoms with Crippen molar-refractivity contribution in [2.24, 2.45) is 0 Å². The Morgan fingerprint density at radius 1 is 1.62 bits per heavy atom. The van der Waals surface area contributed by atoms with E-state index in [1.54, 1.807) is 6.20 Å². The van der Waals surface area contributed by atoms with Gasteiger partial charge in [-0.3, -0.25) is 10.4 Å². The maximum Gasteiger partial charge on any atom is 0.319 e. The van der Waals surface area contributed by atoms with Gasteiger partial charge in [-0.2, -0.15) is 14.7 Å². The van der Waals surface area contributed by atoms with Crippen LogP contribution in [0.2, 0.25) is 0 Å². The van der Waals surface area contributed by atoms with E-state index in [1.165, 1.54) is 11.5 Å². The number of aromatic nitrogens is 3. The number of amides is 2. The van der Waals surface area contributed by atoms with Gasteiger partial charge in [-0.25, -0.2) is 4.79 Å². The molecule has 0 radical (unpaired) electrons. The molecule has 0 bridgehead atoms. The number of hydrogen-bond donors (Lipinski definition) is 4. The van der Waals surface area contributed by atoms with Crippen molar-refractivity contribution in [3.63, 3.8) is 0 Å². The molecule has 10 heteroatoms. The molecule has 2 aromatic heterocycles. The lowest BCUT2D eigenvalue weighted by Gasteiger charge is -2.05. The number of urea groups is 1. The van der Waals surface area contributed by atoms with E-state index in [0.717, 1.165) is 4.47 Å². The number of carbonyl (C=O) groups is 1. The average Bonchev–Trinajstić information content (AvgIpc) is 3.01. The fourth-order valence-corrected chi connectivity index (χ4v) is 2.72. The van der Waals surface area contributed by atoms with Gasteiger partial charge in [0.15, 0.2) is 5.82 Å². The van der Waals surface area contributed by atoms with Gasteiger partial charge in [0.1, 0.15) is 16.6 Å². The third kappa shape index (κ3) is 3.93. The number of aryl methyl sites for hydroxylation is 1. The zero-order valence-electron chi connectivity index (χ0n) is 10.8. The van der Waals surface area contributed by atoms with Gasteiger partial charge < -0.3 is 11.1 Å². The number of carbonyl (C=O) groups excluding carboxylic acids is 1. The zero-order valence-corrected chi connectivity index (χ0v) is 13.2. The van der Waals surface area contributed by atoms with Crippen molar-refractivity contribution in [3.05, 3.63) is 21.9 Å². The highest BCUT2D eigenvalue weighted by atomic mass is 79.9. The maximum absolute atomic E-state index is 11.6. The largest absolute Gasteiger partial charge is 0.381 e. The van der Waals surface area contributed by atoms with Crippen LogP contribution in [-0.4, -0.2) is 27.1 Å². The van der Waals surface area contributed by atoms with E-state index >= 15 is 0 Å². The first kappa shape index (κ1) is 15.3. The Kier molecular flexibility index (Phi) is 5.13. The average molecular weight is 370 g/mol. The number of hydrogen-bond acceptors (Lipinski definition) is 6. The van der Waals surface area contributed by atoms with E-state index in [-0.39, 0.29) is 11.8 Å². The molecule has 0 atom stereocenters. The first-order valence-electron chi connectivity index (χ1n) is 5.99. The lowest BCUT2D eigenvalue weighted by atomic mass is 10.1. The summed E-state index contributed by atoms with van der Waals surface area (Å²) < 4.78 is 4.68. The van der Waals surface area contributed by atoms with Gasteiger partial charge in [0, 0.05) is 6.54 Å². The number of nitrogen functional groups attached to an aromatic ring is 1. The molecule has 21 heavy (non-hydrogen) atoms. The summed E-state index contributed by atoms with van der Waals surface area (Å²) in [4.78, 5) is 11.6. The number of nitriles is 1. The number of H-pyrrole nitrogens is 1. The van der Waals surface area contributed by atoms with E-state index < -0.39 is 0 Å². The van der Waals surface area contributed by atoms with E-state index in [2.05, 4.69) is 41.1 Å². The van der Waals surface area contributed by atoms with Crippen LogP contribution in [0.5, 0.6) is 0 Å². The molecule has 0 aliphatic rings. The summed E-state index contributed by atoms with van der Waals surface area (Å²) in [6.07, 6.45) is 2.86. The molecule has 2 rings (SSSR count). The molecule has 0 unspecified atom stereocenters. The topological polar surface area (TPSA) is 133 Å². The van der Waals surface area contributed by atoms with Crippen LogP contribution >= 0.6 is 27.5 Å². The molecule has 8 nitrogen and oxygen atoms in total. The first-order valence-corrected chi connectivity index (χ1v) is 7.56. The molecule has 0 fully saturated rings. The Morgan fingerprint density at radius 2 is 2.43 bits per heavy atom. The summed E-state index contributed by atoms with van der Waals surface area (Å²) >= 11 is 4.47. The second kappa shape index (κ2) is 7.05. The minimum atomic E-state index is -0.301. The van der Waals surface area contributed by atoms with E-state index in [0.29, 0.717) is 35.6 Å². The third-order valence-corrected chi connectivity index (χ3v) is 4.20. The summed E-state index contributed by atoms with van der Waals surface area (Å²) in [6.45, 7) is 0.464. The van der Waals surface area contributed by atoms with Gasteiger partial charge in [-0.15, -0.1) is 0 Å². The SMILES string of the molecule is N#Cc1c(N)n[nH]c1CCCNC(=O)Nc1sncc1Br. The van der Waals surface area contributed by atoms with Gasteiger partial charge in [-0.05, 0) is 40.3 Å². The van der Waals surface area contributed by atoms with E-state index in [4.69, 9.17) is 11.0 Å². The predicted molar refractivity (Wildman–Crippen MR) is 82.9 cm³/mol. The Bertz CT molecular complexity index is 674. The molecule has 0 aromatic carbocycles. The number of nitrogens with one attached hydrogen (secondary N) is 3. The Labute approximate surface area is 133 Å². The lowest BCUT2D eigenvalue weighted by Crippen LogP contribution is -2.29. The molecule has 0 saturated heterocycles. The van der Waals surface area contributed by atoms with Crippen molar-refractivity contribution in [1.82, 2.24) is 19.9 Å². The summed E-state index contributed by atoms with van der Waals surface area (Å²) in [6, 6.07) is 1.70. The molecule has 110 valence electrons. The molecule has 0 aliphatic carbocycles. The van der Waals surface area contributed by atoms with Crippen LogP contribution in [0.4, 0.5) is 15.6 Å². The summed E-state index contributed by atoms with van der Waals surface area (Å²) in [5.41, 5.74) is 6.59. The molecular formula is C11H12BrN7OS. The lowest BCUT2D eigenvalue weighted by molar-refractivity contribution is 0.252. The van der Waals surface area contributed by atoms with Crippen molar-refractivity contribution in [2.45, 2.75) is 12.8 Å². The van der Waals surface area contributed by atoms with Crippen molar-refractivity contribution in [2.75, 3.05) is 17.6 Å². The maximum atomic E-state index is 11.6. The highest BCUT2D eigenvalue weighted by Crippen LogP contribution is 2.25. The standard InChI is InChI=1S/C11H12BrN7OS/c12-7-5-16-21-10(7)17-11(20)15-3-1-2-8-6(4-13)9(14)19-18-8/h5H,1-3H2,(H3,14,18,19)(H2,15,17,20). The van der Waals surface area contributed by atoms with Crippen molar-refractivity contribution in [1.29, 1.82) is 5.26 Å². The number of halogens is 1. The van der Waals surface area contributed by atoms with Crippen LogP contribution in [0.1, 0.15) is 17.7 Å². The Balaban J connectivity index is 1.74. The molecule has 2 aromatic rings. The van der Waals surface area contributed by atoms with Crippen LogP contribution < -0.4 is 16.4 Å². The Hall–Kier alpha value is -2.12. The number of aromatic amines is 1. The van der Waals surface area contributed by atoms with Crippen LogP contribution in [-0.2, 0) is 6.42 Å². The van der Waals surface area contributed by atoms with Gasteiger partial charge in [0.2, 0.25) is 0 Å². The van der Waals surface area contributed by atoms with E-state index in [9.17, 15) is 4.79 Å². The zero-order chi connectivity index (χ0) is 15.2. The first-order chi connectivity index (χ1) is 10.1. The quantitative estimate of drug-likeness (QED) is 0.596. The fraction of sp³-hybridized carbons (Fsp3) is 0.273. The van der Waals surface area contributed by atoms with Gasteiger partial charge in [0.05, 0.1) is 16.4 Å². The molecule has 2 heterocycles. The van der Waals surface area contributed by atoms with Crippen molar-refractivity contribution >= 4 is 44.3 Å². The summed E-state index contributed by atoms with van der Waals surface area (Å²) in [5.74, 6) is 0.202. The molecule has 5 N–H and O–H groups in total. The number of nitrogens with zero attached hydrogens (tertiary/aromatic N) is 3. The third-order valence-electron chi connectivity index (χ3n) is 2.62. The van der Waals surface area contributed by atoms with Crippen LogP contribution in [0.25, 0.3) is 0 Å². The van der Waals surface area contributed by atoms with Crippen LogP contribution in [0.3, 0.4) is 0 Å². The predicted octanol–water partition coefficient (Wildman–Crippen LogP) is 1.84. The normalized spacial score (nSPS) is 10.1. The monoisotopic (exact) mass is 369 g/mol. The number of anilines is 2. The Morgan fingerprint density at radius 3 is 3.10 bits per heavy atom. The minimum absolute atomic E-state index is 0.202. The molecule has 0 aliphatic heterocycles. The fourth-order valence-electron chi connectivity index (χ4n) is 1.62. The minimum Gasteiger partial charge on any atom is -0.381 e. The van der Waals surface area contributed by atoms with Gasteiger partial charge >= 0.3 is 6.03 Å².